The topological polar surface area (TPSA) is 46.3 Å². The number of hydrogen-bond donors (Lipinski definition) is 1. The van der Waals surface area contributed by atoms with Crippen LogP contribution >= 0.6 is 27.3 Å². The lowest BCUT2D eigenvalue weighted by molar-refractivity contribution is -0.139. The zero-order chi connectivity index (χ0) is 13.8. The highest BCUT2D eigenvalue weighted by Crippen LogP contribution is 2.24. The van der Waals surface area contributed by atoms with Crippen molar-refractivity contribution in [2.75, 3.05) is 20.1 Å². The number of rotatable bonds is 6. The van der Waals surface area contributed by atoms with Gasteiger partial charge in [0.05, 0.1) is 3.79 Å². The maximum atomic E-state index is 12.2. The number of hydrogen-bond acceptors (Lipinski definition) is 3. The lowest BCUT2D eigenvalue weighted by atomic mass is 9.87. The highest BCUT2D eigenvalue weighted by molar-refractivity contribution is 9.11. The monoisotopic (exact) mass is 332 g/mol. The SMILES string of the molecule is CN(CCc1ccc(Br)s1)C(=O)C(C)(C)CCN. The predicted molar refractivity (Wildman–Crippen MR) is 80.8 cm³/mol. The van der Waals surface area contributed by atoms with Crippen LogP contribution in [0.3, 0.4) is 0 Å². The smallest absolute Gasteiger partial charge is 0.228 e. The molecule has 18 heavy (non-hydrogen) atoms. The van der Waals surface area contributed by atoms with Crippen molar-refractivity contribution in [2.24, 2.45) is 11.1 Å². The lowest BCUT2D eigenvalue weighted by Crippen LogP contribution is -2.40. The van der Waals surface area contributed by atoms with E-state index >= 15 is 0 Å². The molecule has 0 spiro atoms. The van der Waals surface area contributed by atoms with Crippen LogP contribution in [0.25, 0.3) is 0 Å². The predicted octanol–water partition coefficient (Wildman–Crippen LogP) is 2.89. The van der Waals surface area contributed by atoms with Gasteiger partial charge in [-0.25, -0.2) is 0 Å². The molecule has 5 heteroatoms. The van der Waals surface area contributed by atoms with Gasteiger partial charge >= 0.3 is 0 Å². The van der Waals surface area contributed by atoms with Gasteiger partial charge in [-0.2, -0.15) is 0 Å². The second-order valence-electron chi connectivity index (χ2n) is 5.11. The number of nitrogens with two attached hydrogens (primary N) is 1. The third-order valence-corrected chi connectivity index (χ3v) is 4.70. The van der Waals surface area contributed by atoms with Gasteiger partial charge in [0.1, 0.15) is 0 Å². The number of thiophene rings is 1. The summed E-state index contributed by atoms with van der Waals surface area (Å²) in [5.74, 6) is 0.170. The summed E-state index contributed by atoms with van der Waals surface area (Å²) in [6.07, 6.45) is 1.62. The van der Waals surface area contributed by atoms with Crippen LogP contribution < -0.4 is 5.73 Å². The van der Waals surface area contributed by atoms with Crippen LogP contribution in [0, 0.1) is 5.41 Å². The largest absolute Gasteiger partial charge is 0.345 e. The average Bonchev–Trinajstić information content (AvgIpc) is 2.71. The quantitative estimate of drug-likeness (QED) is 0.870. The molecule has 0 atom stereocenters. The Labute approximate surface area is 121 Å². The van der Waals surface area contributed by atoms with Crippen LogP contribution in [0.5, 0.6) is 0 Å². The molecule has 1 aromatic heterocycles. The molecule has 0 saturated heterocycles. The highest BCUT2D eigenvalue weighted by atomic mass is 79.9. The van der Waals surface area contributed by atoms with Gasteiger partial charge in [0, 0.05) is 23.9 Å². The van der Waals surface area contributed by atoms with Crippen molar-refractivity contribution < 1.29 is 4.79 Å². The minimum Gasteiger partial charge on any atom is -0.345 e. The first-order valence-electron chi connectivity index (χ1n) is 6.06. The van der Waals surface area contributed by atoms with Crippen molar-refractivity contribution in [2.45, 2.75) is 26.7 Å². The Hall–Kier alpha value is -0.390. The van der Waals surface area contributed by atoms with Gasteiger partial charge in [-0.05, 0) is 47.4 Å². The molecule has 0 aliphatic carbocycles. The fourth-order valence-corrected chi connectivity index (χ4v) is 3.32. The van der Waals surface area contributed by atoms with E-state index in [1.165, 1.54) is 4.88 Å². The third kappa shape index (κ3) is 4.37. The van der Waals surface area contributed by atoms with E-state index in [1.807, 2.05) is 31.9 Å². The molecule has 1 amide bonds. The van der Waals surface area contributed by atoms with E-state index in [0.717, 1.165) is 23.2 Å². The number of amides is 1. The second kappa shape index (κ2) is 6.68. The second-order valence-corrected chi connectivity index (χ2v) is 7.65. The van der Waals surface area contributed by atoms with E-state index in [1.54, 1.807) is 11.3 Å². The summed E-state index contributed by atoms with van der Waals surface area (Å²) in [6.45, 7) is 5.21. The molecule has 1 heterocycles. The average molecular weight is 333 g/mol. The maximum Gasteiger partial charge on any atom is 0.228 e. The maximum absolute atomic E-state index is 12.2. The number of nitrogens with zero attached hydrogens (tertiary/aromatic N) is 1. The van der Waals surface area contributed by atoms with Gasteiger partial charge in [0.2, 0.25) is 5.91 Å². The zero-order valence-electron chi connectivity index (χ0n) is 11.2. The van der Waals surface area contributed by atoms with Crippen LogP contribution in [0.1, 0.15) is 25.1 Å². The third-order valence-electron chi connectivity index (χ3n) is 3.02. The standard InChI is InChI=1S/C13H21BrN2OS/c1-13(2,7-8-15)12(17)16(3)9-6-10-4-5-11(14)18-10/h4-5H,6-9,15H2,1-3H3. The molecule has 102 valence electrons. The number of likely N-dealkylation sites (N-methyl/N-ethyl adjacent to an activating group) is 1. The van der Waals surface area contributed by atoms with Gasteiger partial charge in [0.25, 0.3) is 0 Å². The molecular formula is C13H21BrN2OS. The summed E-state index contributed by atoms with van der Waals surface area (Å²) in [5.41, 5.74) is 5.18. The first-order valence-corrected chi connectivity index (χ1v) is 7.67. The first-order chi connectivity index (χ1) is 8.36. The van der Waals surface area contributed by atoms with E-state index in [9.17, 15) is 4.79 Å². The number of halogens is 1. The van der Waals surface area contributed by atoms with Crippen molar-refractivity contribution in [1.82, 2.24) is 4.90 Å². The highest BCUT2D eigenvalue weighted by Gasteiger charge is 2.29. The van der Waals surface area contributed by atoms with E-state index in [0.29, 0.717) is 6.54 Å². The molecule has 0 radical (unpaired) electrons. The Morgan fingerprint density at radius 1 is 1.50 bits per heavy atom. The van der Waals surface area contributed by atoms with Gasteiger partial charge in [-0.1, -0.05) is 13.8 Å². The van der Waals surface area contributed by atoms with Crippen LogP contribution in [0.2, 0.25) is 0 Å². The Morgan fingerprint density at radius 3 is 2.67 bits per heavy atom. The summed E-state index contributed by atoms with van der Waals surface area (Å²) in [4.78, 5) is 15.3. The van der Waals surface area contributed by atoms with E-state index in [-0.39, 0.29) is 11.3 Å². The van der Waals surface area contributed by atoms with Crippen molar-refractivity contribution in [3.8, 4) is 0 Å². The Morgan fingerprint density at radius 2 is 2.17 bits per heavy atom. The van der Waals surface area contributed by atoms with Gasteiger partial charge in [0.15, 0.2) is 0 Å². The molecule has 1 rings (SSSR count). The zero-order valence-corrected chi connectivity index (χ0v) is 13.6. The molecule has 0 saturated carbocycles. The molecule has 3 nitrogen and oxygen atoms in total. The van der Waals surface area contributed by atoms with Gasteiger partial charge in [-0.15, -0.1) is 11.3 Å². The molecule has 0 bridgehead atoms. The summed E-state index contributed by atoms with van der Waals surface area (Å²) in [5, 5.41) is 0. The van der Waals surface area contributed by atoms with Crippen molar-refractivity contribution in [3.05, 3.63) is 20.8 Å². The fraction of sp³-hybridized carbons (Fsp3) is 0.615. The molecule has 0 aliphatic rings. The van der Waals surface area contributed by atoms with Crippen molar-refractivity contribution in [1.29, 1.82) is 0 Å². The van der Waals surface area contributed by atoms with E-state index in [4.69, 9.17) is 5.73 Å². The fourth-order valence-electron chi connectivity index (χ4n) is 1.85. The van der Waals surface area contributed by atoms with E-state index < -0.39 is 0 Å². The normalized spacial score (nSPS) is 11.6. The summed E-state index contributed by atoms with van der Waals surface area (Å²) in [7, 11) is 1.86. The molecule has 0 fully saturated rings. The molecule has 2 N–H and O–H groups in total. The summed E-state index contributed by atoms with van der Waals surface area (Å²) >= 11 is 5.16. The van der Waals surface area contributed by atoms with Crippen LogP contribution in [-0.4, -0.2) is 30.9 Å². The molecule has 0 unspecified atom stereocenters. The van der Waals surface area contributed by atoms with Gasteiger partial charge < -0.3 is 10.6 Å². The van der Waals surface area contributed by atoms with Crippen LogP contribution in [0.15, 0.2) is 15.9 Å². The number of carbonyl (C=O) groups excluding carboxylic acids is 1. The lowest BCUT2D eigenvalue weighted by Gasteiger charge is -2.29. The first kappa shape index (κ1) is 15.7. The molecule has 1 aromatic rings. The van der Waals surface area contributed by atoms with Crippen LogP contribution in [-0.2, 0) is 11.2 Å². The molecular weight excluding hydrogens is 312 g/mol. The minimum absolute atomic E-state index is 0.170. The van der Waals surface area contributed by atoms with E-state index in [2.05, 4.69) is 22.0 Å². The van der Waals surface area contributed by atoms with Crippen molar-refractivity contribution >= 4 is 33.2 Å². The summed E-state index contributed by atoms with van der Waals surface area (Å²) < 4.78 is 1.13. The van der Waals surface area contributed by atoms with Gasteiger partial charge in [-0.3, -0.25) is 4.79 Å². The van der Waals surface area contributed by atoms with Crippen LogP contribution in [0.4, 0.5) is 0 Å². The minimum atomic E-state index is -0.362. The summed E-state index contributed by atoms with van der Waals surface area (Å²) in [6, 6.07) is 4.14. The Balaban J connectivity index is 2.50. The Kier molecular flexibility index (Phi) is 5.82. The van der Waals surface area contributed by atoms with Crippen molar-refractivity contribution in [3.63, 3.8) is 0 Å². The Bertz CT molecular complexity index is 403. The molecule has 0 aliphatic heterocycles. The molecule has 0 aromatic carbocycles. The number of carbonyl (C=O) groups is 1.